The van der Waals surface area contributed by atoms with Crippen molar-refractivity contribution in [2.24, 2.45) is 0 Å². The summed E-state index contributed by atoms with van der Waals surface area (Å²) < 4.78 is 0.959. The molecule has 0 saturated heterocycles. The zero-order valence-corrected chi connectivity index (χ0v) is 11.8. The maximum absolute atomic E-state index is 11.9. The number of benzene rings is 2. The second-order valence-electron chi connectivity index (χ2n) is 3.76. The van der Waals surface area contributed by atoms with Crippen molar-refractivity contribution in [1.29, 1.82) is 0 Å². The summed E-state index contributed by atoms with van der Waals surface area (Å²) in [4.78, 5) is 11.9. The summed E-state index contributed by atoms with van der Waals surface area (Å²) in [6.45, 7) is 0. The maximum atomic E-state index is 11.9. The fourth-order valence-electron chi connectivity index (χ4n) is 1.46. The molecule has 0 aliphatic carbocycles. The fraction of sp³-hybridized carbons (Fsp3) is 0. The summed E-state index contributed by atoms with van der Waals surface area (Å²) in [6, 6.07) is 14.6. The number of carbonyl (C=O) groups is 1. The van der Waals surface area contributed by atoms with Gasteiger partial charge in [0, 0.05) is 15.1 Å². The lowest BCUT2D eigenvalue weighted by molar-refractivity contribution is 0.104. The molecule has 3 heteroatoms. The van der Waals surface area contributed by atoms with Crippen molar-refractivity contribution in [3.8, 4) is 0 Å². The van der Waals surface area contributed by atoms with Crippen LogP contribution in [0.3, 0.4) is 0 Å². The number of halogens is 2. The summed E-state index contributed by atoms with van der Waals surface area (Å²) in [5.74, 6) is -0.0162. The van der Waals surface area contributed by atoms with Gasteiger partial charge in [-0.25, -0.2) is 0 Å². The number of ketones is 1. The molecule has 0 aromatic heterocycles. The van der Waals surface area contributed by atoms with Crippen LogP contribution in [0.25, 0.3) is 6.08 Å². The molecule has 0 amide bonds. The van der Waals surface area contributed by atoms with Crippen molar-refractivity contribution in [3.63, 3.8) is 0 Å². The van der Waals surface area contributed by atoms with E-state index < -0.39 is 0 Å². The largest absolute Gasteiger partial charge is 0.289 e. The fourth-order valence-corrected chi connectivity index (χ4v) is 1.85. The first-order valence-corrected chi connectivity index (χ1v) is 6.56. The Labute approximate surface area is 119 Å². The van der Waals surface area contributed by atoms with Crippen LogP contribution in [0.1, 0.15) is 15.9 Å². The highest BCUT2D eigenvalue weighted by molar-refractivity contribution is 9.10. The molecule has 2 aromatic rings. The van der Waals surface area contributed by atoms with Gasteiger partial charge in [0.1, 0.15) is 0 Å². The first-order chi connectivity index (χ1) is 8.65. The van der Waals surface area contributed by atoms with Crippen LogP contribution < -0.4 is 0 Å². The highest BCUT2D eigenvalue weighted by Gasteiger charge is 2.00. The van der Waals surface area contributed by atoms with Gasteiger partial charge in [-0.3, -0.25) is 4.79 Å². The lowest BCUT2D eigenvalue weighted by Gasteiger charge is -1.96. The molecule has 2 aromatic carbocycles. The van der Waals surface area contributed by atoms with Gasteiger partial charge in [-0.15, -0.1) is 0 Å². The minimum absolute atomic E-state index is 0.0162. The van der Waals surface area contributed by atoms with E-state index in [-0.39, 0.29) is 5.78 Å². The molecule has 0 bridgehead atoms. The highest BCUT2D eigenvalue weighted by atomic mass is 79.9. The Kier molecular flexibility index (Phi) is 4.34. The molecule has 0 heterocycles. The molecule has 1 nitrogen and oxygen atoms in total. The van der Waals surface area contributed by atoms with Gasteiger partial charge in [0.2, 0.25) is 0 Å². The van der Waals surface area contributed by atoms with E-state index >= 15 is 0 Å². The summed E-state index contributed by atoms with van der Waals surface area (Å²) in [6.07, 6.45) is 3.34. The lowest BCUT2D eigenvalue weighted by atomic mass is 10.1. The molecular formula is C15H10BrClO. The lowest BCUT2D eigenvalue weighted by Crippen LogP contribution is -1.92. The maximum Gasteiger partial charge on any atom is 0.185 e. The molecule has 18 heavy (non-hydrogen) atoms. The zero-order chi connectivity index (χ0) is 13.0. The minimum atomic E-state index is -0.0162. The average Bonchev–Trinajstić information content (AvgIpc) is 2.38. The Morgan fingerprint density at radius 1 is 1.00 bits per heavy atom. The summed E-state index contributed by atoms with van der Waals surface area (Å²) in [5, 5.41) is 0.686. The summed E-state index contributed by atoms with van der Waals surface area (Å²) >= 11 is 9.12. The third-order valence-corrected chi connectivity index (χ3v) is 3.21. The predicted molar refractivity (Wildman–Crippen MR) is 79.0 cm³/mol. The van der Waals surface area contributed by atoms with Crippen molar-refractivity contribution in [3.05, 3.63) is 75.2 Å². The van der Waals surface area contributed by atoms with Crippen LogP contribution >= 0.6 is 27.5 Å². The highest BCUT2D eigenvalue weighted by Crippen LogP contribution is 2.13. The molecule has 0 N–H and O–H groups in total. The van der Waals surface area contributed by atoms with Crippen molar-refractivity contribution in [2.45, 2.75) is 0 Å². The monoisotopic (exact) mass is 320 g/mol. The zero-order valence-electron chi connectivity index (χ0n) is 9.44. The molecule has 0 atom stereocenters. The van der Waals surface area contributed by atoms with Crippen molar-refractivity contribution >= 4 is 39.4 Å². The van der Waals surface area contributed by atoms with Gasteiger partial charge in [0.25, 0.3) is 0 Å². The molecule has 0 radical (unpaired) electrons. The first-order valence-electron chi connectivity index (χ1n) is 5.39. The van der Waals surface area contributed by atoms with Crippen LogP contribution in [0.15, 0.2) is 59.1 Å². The number of allylic oxidation sites excluding steroid dienone is 1. The SMILES string of the molecule is O=C(/C=C/c1ccc(Cl)cc1)c1ccc(Br)cc1. The van der Waals surface area contributed by atoms with Crippen LogP contribution in [-0.4, -0.2) is 5.78 Å². The van der Waals surface area contributed by atoms with E-state index in [1.807, 2.05) is 24.3 Å². The molecule has 0 saturated carbocycles. The van der Waals surface area contributed by atoms with Gasteiger partial charge in [-0.1, -0.05) is 45.7 Å². The van der Waals surface area contributed by atoms with Crippen molar-refractivity contribution < 1.29 is 4.79 Å². The van der Waals surface area contributed by atoms with Gasteiger partial charge in [-0.05, 0) is 48.0 Å². The third kappa shape index (κ3) is 3.56. The smallest absolute Gasteiger partial charge is 0.185 e. The van der Waals surface area contributed by atoms with Crippen LogP contribution in [-0.2, 0) is 0 Å². The topological polar surface area (TPSA) is 17.1 Å². The van der Waals surface area contributed by atoms with Gasteiger partial charge in [0.05, 0.1) is 0 Å². The number of carbonyl (C=O) groups excluding carboxylic acids is 1. The quantitative estimate of drug-likeness (QED) is 0.574. The normalized spacial score (nSPS) is 10.8. The average molecular weight is 322 g/mol. The Bertz CT molecular complexity index is 570. The van der Waals surface area contributed by atoms with Crippen LogP contribution in [0.2, 0.25) is 5.02 Å². The number of rotatable bonds is 3. The van der Waals surface area contributed by atoms with E-state index in [0.29, 0.717) is 10.6 Å². The molecule has 0 spiro atoms. The first kappa shape index (κ1) is 13.1. The Morgan fingerprint density at radius 2 is 1.61 bits per heavy atom. The number of hydrogen-bond donors (Lipinski definition) is 0. The molecule has 90 valence electrons. The van der Waals surface area contributed by atoms with E-state index in [1.165, 1.54) is 0 Å². The van der Waals surface area contributed by atoms with Gasteiger partial charge in [-0.2, -0.15) is 0 Å². The Balaban J connectivity index is 2.11. The molecule has 0 aliphatic rings. The van der Waals surface area contributed by atoms with E-state index in [4.69, 9.17) is 11.6 Å². The summed E-state index contributed by atoms with van der Waals surface area (Å²) in [7, 11) is 0. The van der Waals surface area contributed by atoms with E-state index in [9.17, 15) is 4.79 Å². The molecule has 2 rings (SSSR count). The van der Waals surface area contributed by atoms with E-state index in [2.05, 4.69) is 15.9 Å². The summed E-state index contributed by atoms with van der Waals surface area (Å²) in [5.41, 5.74) is 1.62. The van der Waals surface area contributed by atoms with Crippen LogP contribution in [0.5, 0.6) is 0 Å². The molecule has 0 unspecified atom stereocenters. The number of hydrogen-bond acceptors (Lipinski definition) is 1. The molecule has 0 fully saturated rings. The van der Waals surface area contributed by atoms with Crippen molar-refractivity contribution in [1.82, 2.24) is 0 Å². The standard InChI is InChI=1S/C15H10BrClO/c16-13-6-4-12(5-7-13)15(18)10-3-11-1-8-14(17)9-2-11/h1-10H/b10-3+. The second kappa shape index (κ2) is 5.98. The van der Waals surface area contributed by atoms with Gasteiger partial charge in [0.15, 0.2) is 5.78 Å². The van der Waals surface area contributed by atoms with Crippen molar-refractivity contribution in [2.75, 3.05) is 0 Å². The second-order valence-corrected chi connectivity index (χ2v) is 5.11. The van der Waals surface area contributed by atoms with Crippen LogP contribution in [0, 0.1) is 0 Å². The molecule has 0 aliphatic heterocycles. The third-order valence-electron chi connectivity index (χ3n) is 2.43. The molecular weight excluding hydrogens is 312 g/mol. The Hall–Kier alpha value is -1.38. The Morgan fingerprint density at radius 3 is 2.22 bits per heavy atom. The van der Waals surface area contributed by atoms with Crippen LogP contribution in [0.4, 0.5) is 0 Å². The van der Waals surface area contributed by atoms with E-state index in [0.717, 1.165) is 10.0 Å². The predicted octanol–water partition coefficient (Wildman–Crippen LogP) is 5.00. The van der Waals surface area contributed by atoms with Gasteiger partial charge < -0.3 is 0 Å². The van der Waals surface area contributed by atoms with Gasteiger partial charge >= 0.3 is 0 Å². The van der Waals surface area contributed by atoms with E-state index in [1.54, 1.807) is 36.4 Å². The minimum Gasteiger partial charge on any atom is -0.289 e.